The molecular formula is C17H16ClN5O. The Morgan fingerprint density at radius 2 is 1.92 bits per heavy atom. The number of hydrogen-bond acceptors (Lipinski definition) is 6. The highest BCUT2D eigenvalue weighted by Crippen LogP contribution is 2.16. The van der Waals surface area contributed by atoms with Crippen LogP contribution in [0, 0.1) is 0 Å². The van der Waals surface area contributed by atoms with Crippen LogP contribution in [0.25, 0.3) is 0 Å². The molecule has 3 aromatic rings. The van der Waals surface area contributed by atoms with E-state index in [0.717, 1.165) is 17.0 Å². The Morgan fingerprint density at radius 3 is 2.62 bits per heavy atom. The Kier molecular flexibility index (Phi) is 5.08. The van der Waals surface area contributed by atoms with E-state index in [1.807, 2.05) is 42.5 Å². The molecule has 0 saturated heterocycles. The van der Waals surface area contributed by atoms with Crippen LogP contribution in [0.5, 0.6) is 5.75 Å². The molecule has 0 saturated carbocycles. The second-order valence-corrected chi connectivity index (χ2v) is 5.43. The molecule has 6 nitrogen and oxygen atoms in total. The summed E-state index contributed by atoms with van der Waals surface area (Å²) in [5.74, 6) is 1.52. The number of nitrogens with zero attached hydrogens (tertiary/aromatic N) is 3. The topological polar surface area (TPSA) is 86.0 Å². The largest absolute Gasteiger partial charge is 0.487 e. The lowest BCUT2D eigenvalue weighted by molar-refractivity contribution is 0.301. The van der Waals surface area contributed by atoms with E-state index in [1.54, 1.807) is 12.3 Å². The molecule has 2 heterocycles. The minimum Gasteiger partial charge on any atom is -0.487 e. The number of benzene rings is 1. The highest BCUT2D eigenvalue weighted by Gasteiger charge is 2.01. The molecule has 0 fully saturated rings. The minimum atomic E-state index is 0.142. The van der Waals surface area contributed by atoms with E-state index in [9.17, 15) is 0 Å². The van der Waals surface area contributed by atoms with Crippen molar-refractivity contribution in [1.82, 2.24) is 15.0 Å². The summed E-state index contributed by atoms with van der Waals surface area (Å²) >= 11 is 5.85. The summed E-state index contributed by atoms with van der Waals surface area (Å²) in [5.41, 5.74) is 7.53. The highest BCUT2D eigenvalue weighted by molar-refractivity contribution is 6.29. The average molecular weight is 342 g/mol. The maximum atomic E-state index is 5.85. The van der Waals surface area contributed by atoms with E-state index in [-0.39, 0.29) is 5.95 Å². The molecule has 2 aromatic heterocycles. The quantitative estimate of drug-likeness (QED) is 0.669. The van der Waals surface area contributed by atoms with Gasteiger partial charge >= 0.3 is 0 Å². The third-order valence-corrected chi connectivity index (χ3v) is 3.42. The smallest absolute Gasteiger partial charge is 0.223 e. The van der Waals surface area contributed by atoms with Gasteiger partial charge in [-0.2, -0.15) is 4.98 Å². The molecule has 1 aromatic carbocycles. The van der Waals surface area contributed by atoms with E-state index in [1.165, 1.54) is 0 Å². The molecule has 0 bridgehead atoms. The van der Waals surface area contributed by atoms with Gasteiger partial charge in [0.2, 0.25) is 5.95 Å². The van der Waals surface area contributed by atoms with Gasteiger partial charge < -0.3 is 15.8 Å². The van der Waals surface area contributed by atoms with Crippen molar-refractivity contribution in [2.24, 2.45) is 0 Å². The van der Waals surface area contributed by atoms with Crippen molar-refractivity contribution in [3.63, 3.8) is 0 Å². The molecule has 0 radical (unpaired) electrons. The first-order valence-electron chi connectivity index (χ1n) is 7.34. The fourth-order valence-corrected chi connectivity index (χ4v) is 2.25. The number of nitrogens with two attached hydrogens (primary N) is 1. The van der Waals surface area contributed by atoms with Crippen molar-refractivity contribution in [2.45, 2.75) is 13.2 Å². The molecule has 0 atom stereocenters. The van der Waals surface area contributed by atoms with Crippen LogP contribution >= 0.6 is 11.6 Å². The SMILES string of the molecule is Nc1nc(Cl)cc(NCc2ccc(OCc3ccccn3)cc2)n1. The number of pyridine rings is 1. The van der Waals surface area contributed by atoms with E-state index in [0.29, 0.717) is 24.1 Å². The first kappa shape index (κ1) is 16.0. The van der Waals surface area contributed by atoms with E-state index < -0.39 is 0 Å². The zero-order valence-electron chi connectivity index (χ0n) is 12.8. The van der Waals surface area contributed by atoms with Gasteiger partial charge in [0, 0.05) is 18.8 Å². The molecule has 0 aliphatic rings. The summed E-state index contributed by atoms with van der Waals surface area (Å²) in [4.78, 5) is 12.1. The zero-order valence-corrected chi connectivity index (χ0v) is 13.6. The number of rotatable bonds is 6. The van der Waals surface area contributed by atoms with Crippen LogP contribution in [0.15, 0.2) is 54.7 Å². The molecule has 0 spiro atoms. The summed E-state index contributed by atoms with van der Waals surface area (Å²) < 4.78 is 5.70. The monoisotopic (exact) mass is 341 g/mol. The summed E-state index contributed by atoms with van der Waals surface area (Å²) in [6.07, 6.45) is 1.75. The van der Waals surface area contributed by atoms with Gasteiger partial charge in [0.05, 0.1) is 5.69 Å². The molecule has 0 unspecified atom stereocenters. The molecule has 122 valence electrons. The third kappa shape index (κ3) is 4.57. The summed E-state index contributed by atoms with van der Waals surface area (Å²) in [5, 5.41) is 3.46. The van der Waals surface area contributed by atoms with Crippen molar-refractivity contribution in [3.8, 4) is 5.75 Å². The van der Waals surface area contributed by atoms with Gasteiger partial charge in [0.1, 0.15) is 23.3 Å². The van der Waals surface area contributed by atoms with Crippen LogP contribution in [0.1, 0.15) is 11.3 Å². The van der Waals surface area contributed by atoms with Crippen molar-refractivity contribution < 1.29 is 4.74 Å². The van der Waals surface area contributed by atoms with Gasteiger partial charge in [-0.15, -0.1) is 0 Å². The fourth-order valence-electron chi connectivity index (χ4n) is 2.06. The fraction of sp³-hybridized carbons (Fsp3) is 0.118. The van der Waals surface area contributed by atoms with Crippen molar-refractivity contribution in [3.05, 3.63) is 71.1 Å². The highest BCUT2D eigenvalue weighted by atomic mass is 35.5. The normalized spacial score (nSPS) is 10.4. The van der Waals surface area contributed by atoms with Gasteiger partial charge in [-0.25, -0.2) is 4.98 Å². The molecule has 7 heteroatoms. The number of anilines is 2. The number of hydrogen-bond donors (Lipinski definition) is 2. The molecule has 0 aliphatic carbocycles. The minimum absolute atomic E-state index is 0.142. The maximum Gasteiger partial charge on any atom is 0.223 e. The number of nitrogens with one attached hydrogen (secondary N) is 1. The van der Waals surface area contributed by atoms with Gasteiger partial charge in [0.15, 0.2) is 0 Å². The summed E-state index contributed by atoms with van der Waals surface area (Å²) in [6, 6.07) is 15.2. The first-order valence-corrected chi connectivity index (χ1v) is 7.72. The maximum absolute atomic E-state index is 5.85. The second-order valence-electron chi connectivity index (χ2n) is 5.04. The Hall–Kier alpha value is -2.86. The van der Waals surface area contributed by atoms with Crippen molar-refractivity contribution in [1.29, 1.82) is 0 Å². The lowest BCUT2D eigenvalue weighted by atomic mass is 10.2. The molecule has 3 rings (SSSR count). The van der Waals surface area contributed by atoms with Gasteiger partial charge in [0.25, 0.3) is 0 Å². The Balaban J connectivity index is 1.54. The lowest BCUT2D eigenvalue weighted by Crippen LogP contribution is -2.04. The third-order valence-electron chi connectivity index (χ3n) is 3.22. The standard InChI is InChI=1S/C17H16ClN5O/c18-15-9-16(23-17(19)22-15)21-10-12-4-6-14(7-5-12)24-11-13-3-1-2-8-20-13/h1-9H,10-11H2,(H3,19,21,22,23). The zero-order chi connectivity index (χ0) is 16.8. The van der Waals surface area contributed by atoms with Crippen LogP contribution in [-0.2, 0) is 13.2 Å². The van der Waals surface area contributed by atoms with Gasteiger partial charge in [-0.05, 0) is 29.8 Å². The van der Waals surface area contributed by atoms with E-state index in [2.05, 4.69) is 20.3 Å². The molecule has 0 amide bonds. The molecular weight excluding hydrogens is 326 g/mol. The predicted molar refractivity (Wildman–Crippen MR) is 93.8 cm³/mol. The van der Waals surface area contributed by atoms with Crippen LogP contribution < -0.4 is 15.8 Å². The van der Waals surface area contributed by atoms with Crippen LogP contribution in [-0.4, -0.2) is 15.0 Å². The predicted octanol–water partition coefficient (Wildman–Crippen LogP) is 3.30. The van der Waals surface area contributed by atoms with Crippen LogP contribution in [0.2, 0.25) is 5.15 Å². The molecule has 24 heavy (non-hydrogen) atoms. The first-order chi connectivity index (χ1) is 11.7. The summed E-state index contributed by atoms with van der Waals surface area (Å²) in [7, 11) is 0. The van der Waals surface area contributed by atoms with E-state index in [4.69, 9.17) is 22.1 Å². The molecule has 0 aliphatic heterocycles. The second kappa shape index (κ2) is 7.61. The number of halogens is 1. The Morgan fingerprint density at radius 1 is 1.08 bits per heavy atom. The lowest BCUT2D eigenvalue weighted by Gasteiger charge is -2.08. The van der Waals surface area contributed by atoms with Crippen LogP contribution in [0.4, 0.5) is 11.8 Å². The Labute approximate surface area is 144 Å². The number of aromatic nitrogens is 3. The number of ether oxygens (including phenoxy) is 1. The van der Waals surface area contributed by atoms with Gasteiger partial charge in [-0.1, -0.05) is 29.8 Å². The van der Waals surface area contributed by atoms with E-state index >= 15 is 0 Å². The number of nitrogen functional groups attached to an aromatic ring is 1. The van der Waals surface area contributed by atoms with Crippen molar-refractivity contribution in [2.75, 3.05) is 11.1 Å². The van der Waals surface area contributed by atoms with Gasteiger partial charge in [-0.3, -0.25) is 4.98 Å². The van der Waals surface area contributed by atoms with Crippen molar-refractivity contribution >= 4 is 23.4 Å². The Bertz CT molecular complexity index is 776. The van der Waals surface area contributed by atoms with Crippen LogP contribution in [0.3, 0.4) is 0 Å². The summed E-state index contributed by atoms with van der Waals surface area (Å²) in [6.45, 7) is 1.03. The average Bonchev–Trinajstić information content (AvgIpc) is 2.59. The molecule has 3 N–H and O–H groups in total.